The number of aryl methyl sites for hydroxylation is 2. The van der Waals surface area contributed by atoms with E-state index in [2.05, 4.69) is 5.32 Å². The number of aliphatic hydroxyl groups excluding tert-OH is 1. The maximum atomic E-state index is 9.18. The van der Waals surface area contributed by atoms with Crippen molar-refractivity contribution in [1.29, 1.82) is 0 Å². The summed E-state index contributed by atoms with van der Waals surface area (Å²) in [5.74, 6) is 0.929. The van der Waals surface area contributed by atoms with E-state index in [-0.39, 0.29) is 13.3 Å². The molecule has 1 saturated heterocycles. The third kappa shape index (κ3) is 13.4. The van der Waals surface area contributed by atoms with E-state index in [4.69, 9.17) is 33.7 Å². The number of hydrogen-bond acceptors (Lipinski definition) is 4. The third-order valence-corrected chi connectivity index (χ3v) is 4.12. The van der Waals surface area contributed by atoms with Gasteiger partial charge in [0.05, 0.1) is 30.6 Å². The predicted molar refractivity (Wildman–Crippen MR) is 119 cm³/mol. The summed E-state index contributed by atoms with van der Waals surface area (Å²) in [6, 6.07) is 15.8. The quantitative estimate of drug-likeness (QED) is 0.371. The summed E-state index contributed by atoms with van der Waals surface area (Å²) in [5.41, 5.74) is 9.74. The highest BCUT2D eigenvalue weighted by Crippen LogP contribution is 2.09. The van der Waals surface area contributed by atoms with Crippen LogP contribution in [0, 0.1) is 13.8 Å². The van der Waals surface area contributed by atoms with Crippen molar-refractivity contribution in [2.45, 2.75) is 33.5 Å². The molecule has 0 radical (unpaired) electrons. The van der Waals surface area contributed by atoms with Gasteiger partial charge < -0.3 is 20.9 Å². The zero-order chi connectivity index (χ0) is 19.4. The molecule has 2 atom stereocenters. The first-order valence-electron chi connectivity index (χ1n) is 8.49. The normalized spacial score (nSPS) is 15.1. The van der Waals surface area contributed by atoms with Gasteiger partial charge in [0.2, 0.25) is 0 Å². The Hall–Kier alpha value is -1.46. The minimum Gasteiger partial charge on any atom is -0.399 e. The van der Waals surface area contributed by atoms with Gasteiger partial charge in [0.25, 0.3) is 0 Å². The van der Waals surface area contributed by atoms with Gasteiger partial charge in [0.15, 0.2) is 0 Å². The number of hydrogen-bond donors (Lipinski definition) is 3. The van der Waals surface area contributed by atoms with Gasteiger partial charge in [-0.25, -0.2) is 0 Å². The molecule has 0 amide bonds. The number of ether oxygens (including phenoxy) is 1. The summed E-state index contributed by atoms with van der Waals surface area (Å²) in [6.45, 7) is 5.45. The topological polar surface area (TPSA) is 70.8 Å². The van der Waals surface area contributed by atoms with Crippen LogP contribution in [-0.4, -0.2) is 42.2 Å². The lowest BCUT2D eigenvalue weighted by atomic mass is 10.2. The van der Waals surface area contributed by atoms with Crippen molar-refractivity contribution in [3.8, 4) is 0 Å². The minimum absolute atomic E-state index is 0. The van der Waals surface area contributed by atoms with E-state index in [0.717, 1.165) is 18.0 Å². The van der Waals surface area contributed by atoms with E-state index in [1.54, 1.807) is 0 Å². The van der Waals surface area contributed by atoms with Gasteiger partial charge in [-0.3, -0.25) is 0 Å². The zero-order valence-electron chi connectivity index (χ0n) is 15.3. The Bertz CT molecular complexity index is 582. The van der Waals surface area contributed by atoms with Crippen LogP contribution >= 0.6 is 23.2 Å². The summed E-state index contributed by atoms with van der Waals surface area (Å²) in [4.78, 5) is 0. The maximum absolute atomic E-state index is 9.18. The van der Waals surface area contributed by atoms with Crippen molar-refractivity contribution in [2.75, 3.05) is 36.0 Å². The molecule has 1 aliphatic heterocycles. The monoisotopic (exact) mass is 414 g/mol. The molecule has 0 saturated carbocycles. The van der Waals surface area contributed by atoms with E-state index in [1.807, 2.05) is 62.4 Å². The van der Waals surface area contributed by atoms with Gasteiger partial charge in [0.1, 0.15) is 0 Å². The lowest BCUT2D eigenvalue weighted by Crippen LogP contribution is -2.20. The van der Waals surface area contributed by atoms with E-state index in [9.17, 15) is 5.11 Å². The second-order valence-corrected chi connectivity index (χ2v) is 6.69. The van der Waals surface area contributed by atoms with Crippen molar-refractivity contribution >= 4 is 34.6 Å². The lowest BCUT2D eigenvalue weighted by molar-refractivity contribution is 0.211. The second-order valence-electron chi connectivity index (χ2n) is 6.08. The predicted octanol–water partition coefficient (Wildman–Crippen LogP) is 4.84. The maximum Gasteiger partial charge on any atom is 0.0944 e. The van der Waals surface area contributed by atoms with Gasteiger partial charge in [-0.15, -0.1) is 23.2 Å². The van der Waals surface area contributed by atoms with Gasteiger partial charge >= 0.3 is 0 Å². The van der Waals surface area contributed by atoms with Crippen molar-refractivity contribution in [3.05, 3.63) is 59.7 Å². The summed E-state index contributed by atoms with van der Waals surface area (Å²) in [6.07, 6.45) is -0.0837. The molecule has 4 nitrogen and oxygen atoms in total. The van der Waals surface area contributed by atoms with E-state index in [1.165, 1.54) is 11.1 Å². The number of nitrogens with two attached hydrogens (primary N) is 1. The van der Waals surface area contributed by atoms with Crippen LogP contribution < -0.4 is 11.1 Å². The second kappa shape index (κ2) is 14.6. The molecule has 1 aliphatic rings. The Kier molecular flexibility index (Phi) is 13.8. The SMILES string of the molecule is C.Cc1ccc(N)cc1.Cc1ccc(NCC(O)CCl)cc1.ClCC1CO1. The molecule has 6 heteroatoms. The molecular weight excluding hydrogens is 383 g/mol. The fourth-order valence-electron chi connectivity index (χ4n) is 1.69. The van der Waals surface area contributed by atoms with E-state index < -0.39 is 6.10 Å². The van der Waals surface area contributed by atoms with Gasteiger partial charge in [-0.2, -0.15) is 0 Å². The van der Waals surface area contributed by atoms with Gasteiger partial charge in [-0.05, 0) is 38.1 Å². The lowest BCUT2D eigenvalue weighted by Gasteiger charge is -2.09. The Labute approximate surface area is 173 Å². The van der Waals surface area contributed by atoms with Crippen molar-refractivity contribution < 1.29 is 9.84 Å². The van der Waals surface area contributed by atoms with Crippen molar-refractivity contribution in [2.24, 2.45) is 0 Å². The first kappa shape index (κ1) is 25.5. The van der Waals surface area contributed by atoms with E-state index >= 15 is 0 Å². The molecule has 152 valence electrons. The first-order valence-corrected chi connectivity index (χ1v) is 9.55. The van der Waals surface area contributed by atoms with Gasteiger partial charge in [-0.1, -0.05) is 42.8 Å². The molecule has 0 spiro atoms. The largest absolute Gasteiger partial charge is 0.399 e. The Morgan fingerprint density at radius 3 is 1.89 bits per heavy atom. The molecule has 3 rings (SSSR count). The highest BCUT2D eigenvalue weighted by Gasteiger charge is 2.19. The molecule has 2 unspecified atom stereocenters. The fraction of sp³-hybridized carbons (Fsp3) is 0.429. The van der Waals surface area contributed by atoms with Crippen LogP contribution in [0.2, 0.25) is 0 Å². The fourth-order valence-corrected chi connectivity index (χ4v) is 1.97. The van der Waals surface area contributed by atoms with Crippen LogP contribution in [0.15, 0.2) is 48.5 Å². The van der Waals surface area contributed by atoms with Crippen LogP contribution in [-0.2, 0) is 4.74 Å². The Morgan fingerprint density at radius 1 is 1.07 bits per heavy atom. The minimum atomic E-state index is -0.483. The Balaban J connectivity index is 0.000000410. The summed E-state index contributed by atoms with van der Waals surface area (Å²) in [5, 5.41) is 12.3. The number of rotatable bonds is 5. The summed E-state index contributed by atoms with van der Waals surface area (Å²) >= 11 is 10.7. The first-order chi connectivity index (χ1) is 12.4. The summed E-state index contributed by atoms with van der Waals surface area (Å²) < 4.78 is 4.73. The molecule has 27 heavy (non-hydrogen) atoms. The molecular formula is C21H32Cl2N2O2. The van der Waals surface area contributed by atoms with Crippen molar-refractivity contribution in [3.63, 3.8) is 0 Å². The van der Waals surface area contributed by atoms with Crippen LogP contribution in [0.25, 0.3) is 0 Å². The number of nitrogen functional groups attached to an aromatic ring is 1. The number of benzene rings is 2. The van der Waals surface area contributed by atoms with Crippen LogP contribution in [0.4, 0.5) is 11.4 Å². The molecule has 4 N–H and O–H groups in total. The highest BCUT2D eigenvalue weighted by atomic mass is 35.5. The third-order valence-electron chi connectivity index (χ3n) is 3.42. The van der Waals surface area contributed by atoms with Crippen LogP contribution in [0.1, 0.15) is 18.6 Å². The molecule has 1 heterocycles. The zero-order valence-corrected chi connectivity index (χ0v) is 16.8. The average molecular weight is 415 g/mol. The molecule has 2 aromatic rings. The standard InChI is InChI=1S/C10H14ClNO.C7H9N.C3H5ClO.CH4/c1-8-2-4-9(5-3-8)12-7-10(13)6-11;1-6-2-4-7(8)5-3-6;4-1-3-2-5-3;/h2-5,10,12-13H,6-7H2,1H3;2-5H,8H2,1H3;3H,1-2H2;1H4. The number of halogens is 2. The molecule has 1 fully saturated rings. The van der Waals surface area contributed by atoms with Gasteiger partial charge in [0, 0.05) is 17.9 Å². The Morgan fingerprint density at radius 2 is 1.56 bits per heavy atom. The van der Waals surface area contributed by atoms with Crippen molar-refractivity contribution in [1.82, 2.24) is 0 Å². The molecule has 2 aromatic carbocycles. The number of anilines is 2. The molecule has 0 aromatic heterocycles. The number of nitrogens with one attached hydrogen (secondary N) is 1. The van der Waals surface area contributed by atoms with Crippen LogP contribution in [0.5, 0.6) is 0 Å². The number of aliphatic hydroxyl groups is 1. The van der Waals surface area contributed by atoms with E-state index in [0.29, 0.717) is 18.5 Å². The summed E-state index contributed by atoms with van der Waals surface area (Å²) in [7, 11) is 0. The number of epoxide rings is 1. The number of alkyl halides is 2. The highest BCUT2D eigenvalue weighted by molar-refractivity contribution is 6.18. The smallest absolute Gasteiger partial charge is 0.0944 e. The molecule has 0 bridgehead atoms. The molecule has 0 aliphatic carbocycles. The van der Waals surface area contributed by atoms with Crippen LogP contribution in [0.3, 0.4) is 0 Å². The average Bonchev–Trinajstić information content (AvgIpc) is 3.49.